The van der Waals surface area contributed by atoms with Crippen molar-refractivity contribution in [3.05, 3.63) is 44.6 Å². The fourth-order valence-corrected chi connectivity index (χ4v) is 6.53. The minimum absolute atomic E-state index is 0.244. The van der Waals surface area contributed by atoms with Gasteiger partial charge < -0.3 is 4.57 Å². The van der Waals surface area contributed by atoms with Crippen molar-refractivity contribution in [1.82, 2.24) is 4.57 Å². The summed E-state index contributed by atoms with van der Waals surface area (Å²) in [7, 11) is 1.19. The number of halogens is 1. The van der Waals surface area contributed by atoms with Gasteiger partial charge in [-0.25, -0.2) is 0 Å². The lowest BCUT2D eigenvalue weighted by Gasteiger charge is -2.38. The Morgan fingerprint density at radius 1 is 1.32 bits per heavy atom. The molecule has 0 fully saturated rings. The van der Waals surface area contributed by atoms with Crippen LogP contribution in [0.25, 0.3) is 0 Å². The summed E-state index contributed by atoms with van der Waals surface area (Å²) in [5.41, 5.74) is 4.69. The molecule has 0 aromatic heterocycles. The maximum Gasteiger partial charge on any atom is 0.141 e. The van der Waals surface area contributed by atoms with Crippen LogP contribution in [0.15, 0.2) is 44.6 Å². The summed E-state index contributed by atoms with van der Waals surface area (Å²) in [6, 6.07) is 0. The van der Waals surface area contributed by atoms with Crippen molar-refractivity contribution in [2.75, 3.05) is 7.05 Å². The Balaban J connectivity index is 2.43. The van der Waals surface area contributed by atoms with Gasteiger partial charge in [0.25, 0.3) is 0 Å². The number of allylic oxidation sites excluding steroid dienone is 8. The van der Waals surface area contributed by atoms with Crippen LogP contribution in [-0.2, 0) is 0 Å². The quantitative estimate of drug-likeness (QED) is 0.671. The second kappa shape index (κ2) is 5.19. The zero-order valence-electron chi connectivity index (χ0n) is 12.8. The fraction of sp³-hybridized carbons (Fsp3) is 0.500. The van der Waals surface area contributed by atoms with Gasteiger partial charge in [0.15, 0.2) is 0 Å². The summed E-state index contributed by atoms with van der Waals surface area (Å²) in [4.78, 5) is 0. The Morgan fingerprint density at radius 3 is 2.53 bits per heavy atom. The van der Waals surface area contributed by atoms with Crippen molar-refractivity contribution < 1.29 is 0 Å². The van der Waals surface area contributed by atoms with Crippen molar-refractivity contribution in [3.8, 4) is 0 Å². The normalized spacial score (nSPS) is 21.2. The van der Waals surface area contributed by atoms with Gasteiger partial charge in [-0.3, -0.25) is 0 Å². The zero-order chi connectivity index (χ0) is 14.4. The average Bonchev–Trinajstić information content (AvgIpc) is 2.64. The van der Waals surface area contributed by atoms with Crippen LogP contribution in [0.2, 0.25) is 6.55 Å². The number of nitrogens with zero attached hydrogens (tertiary/aromatic N) is 1. The smallest absolute Gasteiger partial charge is 0.141 e. The van der Waals surface area contributed by atoms with E-state index in [0.717, 1.165) is 6.42 Å². The van der Waals surface area contributed by atoms with Crippen LogP contribution in [0.4, 0.5) is 0 Å². The van der Waals surface area contributed by atoms with Crippen molar-refractivity contribution >= 4 is 24.9 Å². The topological polar surface area (TPSA) is 3.24 Å². The first-order valence-electron chi connectivity index (χ1n) is 6.95. The van der Waals surface area contributed by atoms with E-state index in [9.17, 15) is 0 Å². The summed E-state index contributed by atoms with van der Waals surface area (Å²) < 4.78 is 3.84. The van der Waals surface area contributed by atoms with Crippen LogP contribution < -0.4 is 0 Å². The number of rotatable bonds is 2. The second-order valence-electron chi connectivity index (χ2n) is 6.55. The van der Waals surface area contributed by atoms with E-state index >= 15 is 0 Å². The van der Waals surface area contributed by atoms with Crippen LogP contribution in [-0.4, -0.2) is 26.1 Å². The Labute approximate surface area is 127 Å². The third-order valence-electron chi connectivity index (χ3n) is 4.34. The molecule has 0 spiro atoms. The van der Waals surface area contributed by atoms with E-state index in [0.29, 0.717) is 0 Å². The van der Waals surface area contributed by atoms with Crippen LogP contribution in [0.1, 0.15) is 34.1 Å². The van der Waals surface area contributed by atoms with E-state index in [-0.39, 0.29) is 5.54 Å². The summed E-state index contributed by atoms with van der Waals surface area (Å²) in [5, 5.41) is 1.65. The molecule has 1 unspecified atom stereocenters. The lowest BCUT2D eigenvalue weighted by molar-refractivity contribution is 0.294. The van der Waals surface area contributed by atoms with Gasteiger partial charge in [-0.05, 0) is 63.1 Å². The first-order chi connectivity index (χ1) is 8.73. The summed E-state index contributed by atoms with van der Waals surface area (Å²) in [6.45, 7) is 11.7. The van der Waals surface area contributed by atoms with Gasteiger partial charge in [0, 0.05) is 10.0 Å². The molecule has 0 saturated carbocycles. The predicted octanol–water partition coefficient (Wildman–Crippen LogP) is 4.47. The van der Waals surface area contributed by atoms with Crippen LogP contribution in [0, 0.1) is 0 Å². The summed E-state index contributed by atoms with van der Waals surface area (Å²) >= 11 is 3.69. The monoisotopic (exact) mass is 337 g/mol. The Bertz CT molecular complexity index is 517. The Kier molecular flexibility index (Phi) is 4.10. The molecule has 104 valence electrons. The average molecular weight is 338 g/mol. The van der Waals surface area contributed by atoms with Crippen LogP contribution in [0.3, 0.4) is 0 Å². The van der Waals surface area contributed by atoms with Gasteiger partial charge >= 0.3 is 0 Å². The van der Waals surface area contributed by atoms with E-state index in [1.165, 1.54) is 15.6 Å². The molecule has 19 heavy (non-hydrogen) atoms. The van der Waals surface area contributed by atoms with Gasteiger partial charge in [-0.1, -0.05) is 40.7 Å². The van der Waals surface area contributed by atoms with E-state index < -0.39 is 8.96 Å². The van der Waals surface area contributed by atoms with Crippen LogP contribution >= 0.6 is 15.9 Å². The molecule has 1 nitrogen and oxygen atoms in total. The molecule has 2 aliphatic carbocycles. The number of hydrogen-bond acceptors (Lipinski definition) is 1. The first-order valence-corrected chi connectivity index (χ1v) is 9.99. The molecule has 2 rings (SSSR count). The Hall–Kier alpha value is -0.383. The molecule has 3 heteroatoms. The first kappa shape index (κ1) is 15.0. The molecule has 0 aromatic rings. The molecular weight excluding hydrogens is 314 g/mol. The standard InChI is InChI=1S/C16H24BrNSi/c1-11-10-13-12(8-7-9-14(13)17)15(11)19(6)18(5)16(2,3)4/h7,9-10,19H,8H2,1-6H3. The molecule has 0 aliphatic heterocycles. The molecule has 0 saturated heterocycles. The van der Waals surface area contributed by atoms with Gasteiger partial charge in [0.2, 0.25) is 0 Å². The van der Waals surface area contributed by atoms with Gasteiger partial charge in [0.05, 0.1) is 0 Å². The van der Waals surface area contributed by atoms with Crippen molar-refractivity contribution in [2.45, 2.75) is 46.2 Å². The van der Waals surface area contributed by atoms with Crippen molar-refractivity contribution in [1.29, 1.82) is 0 Å². The maximum atomic E-state index is 3.69. The lowest BCUT2D eigenvalue weighted by atomic mass is 10.0. The lowest BCUT2D eigenvalue weighted by Crippen LogP contribution is -2.48. The second-order valence-corrected chi connectivity index (χ2v) is 10.1. The number of hydrogen-bond donors (Lipinski definition) is 0. The van der Waals surface area contributed by atoms with Gasteiger partial charge in [0.1, 0.15) is 8.96 Å². The maximum absolute atomic E-state index is 3.69. The fourth-order valence-electron chi connectivity index (χ4n) is 2.92. The highest BCUT2D eigenvalue weighted by Gasteiger charge is 2.32. The highest BCUT2D eigenvalue weighted by Crippen LogP contribution is 2.41. The molecule has 1 atom stereocenters. The largest absolute Gasteiger partial charge is 0.321 e. The van der Waals surface area contributed by atoms with Gasteiger partial charge in [-0.2, -0.15) is 0 Å². The van der Waals surface area contributed by atoms with Crippen molar-refractivity contribution in [2.24, 2.45) is 0 Å². The molecule has 0 bridgehead atoms. The third kappa shape index (κ3) is 2.74. The predicted molar refractivity (Wildman–Crippen MR) is 91.0 cm³/mol. The summed E-state index contributed by atoms with van der Waals surface area (Å²) in [5.74, 6) is 0. The highest BCUT2D eigenvalue weighted by molar-refractivity contribution is 9.11. The number of fused-ring (bicyclic) bond motifs is 1. The zero-order valence-corrected chi connectivity index (χ0v) is 15.6. The van der Waals surface area contributed by atoms with E-state index in [1.54, 1.807) is 10.8 Å². The third-order valence-corrected chi connectivity index (χ3v) is 8.60. The van der Waals surface area contributed by atoms with E-state index in [4.69, 9.17) is 0 Å². The molecule has 0 amide bonds. The molecule has 2 aliphatic rings. The van der Waals surface area contributed by atoms with Crippen molar-refractivity contribution in [3.63, 3.8) is 0 Å². The molecule has 0 N–H and O–H groups in total. The molecule has 0 heterocycles. The van der Waals surface area contributed by atoms with Gasteiger partial charge in [-0.15, -0.1) is 0 Å². The molecular formula is C16H24BrNSi. The molecule has 0 radical (unpaired) electrons. The summed E-state index contributed by atoms with van der Waals surface area (Å²) in [6.07, 6.45) is 7.90. The Morgan fingerprint density at radius 2 is 1.95 bits per heavy atom. The molecule has 0 aromatic carbocycles. The highest BCUT2D eigenvalue weighted by atomic mass is 79.9. The minimum Gasteiger partial charge on any atom is -0.321 e. The SMILES string of the molecule is CC1=CC2=C(Br)C=CCC2=C1[SiH](C)N(C)C(C)(C)C. The van der Waals surface area contributed by atoms with Crippen LogP contribution in [0.5, 0.6) is 0 Å². The van der Waals surface area contributed by atoms with E-state index in [1.807, 2.05) is 0 Å². The minimum atomic E-state index is -1.10. The van der Waals surface area contributed by atoms with E-state index in [2.05, 4.69) is 80.0 Å².